The first-order valence-corrected chi connectivity index (χ1v) is 6.87. The number of hydrogen-bond donors (Lipinski definition) is 1. The number of carbonyl (C=O) groups excluding carboxylic acids is 1. The molecular formula is C14H21NO4. The lowest BCUT2D eigenvalue weighted by Gasteiger charge is -2.73. The average Bonchev–Trinajstić information content (AvgIpc) is 1.99. The Kier molecular flexibility index (Phi) is 2.31. The van der Waals surface area contributed by atoms with Crippen molar-refractivity contribution in [2.24, 2.45) is 16.7 Å². The molecule has 0 aromatic heterocycles. The van der Waals surface area contributed by atoms with Crippen molar-refractivity contribution in [2.75, 3.05) is 13.1 Å². The summed E-state index contributed by atoms with van der Waals surface area (Å²) in [5, 5.41) is 9.10. The van der Waals surface area contributed by atoms with E-state index in [4.69, 9.17) is 9.84 Å². The van der Waals surface area contributed by atoms with E-state index in [2.05, 4.69) is 0 Å². The third-order valence-corrected chi connectivity index (χ3v) is 4.92. The second kappa shape index (κ2) is 3.44. The van der Waals surface area contributed by atoms with Crippen molar-refractivity contribution < 1.29 is 19.4 Å². The van der Waals surface area contributed by atoms with Crippen LogP contribution < -0.4 is 0 Å². The molecule has 106 valence electrons. The summed E-state index contributed by atoms with van der Waals surface area (Å²) < 4.78 is 5.32. The molecule has 1 aliphatic heterocycles. The predicted molar refractivity (Wildman–Crippen MR) is 67.6 cm³/mol. The molecule has 4 aliphatic rings. The molecule has 5 heteroatoms. The average molecular weight is 267 g/mol. The molecule has 0 radical (unpaired) electrons. The fraction of sp³-hybridized carbons (Fsp3) is 0.857. The number of carboxylic acids is 1. The zero-order valence-electron chi connectivity index (χ0n) is 11.7. The van der Waals surface area contributed by atoms with Crippen LogP contribution >= 0.6 is 0 Å². The normalized spacial score (nSPS) is 36.9. The van der Waals surface area contributed by atoms with Crippen molar-refractivity contribution in [3.8, 4) is 0 Å². The Labute approximate surface area is 112 Å². The van der Waals surface area contributed by atoms with E-state index in [0.29, 0.717) is 5.92 Å². The topological polar surface area (TPSA) is 66.8 Å². The van der Waals surface area contributed by atoms with Crippen LogP contribution in [0, 0.1) is 16.7 Å². The highest BCUT2D eigenvalue weighted by atomic mass is 16.6. The van der Waals surface area contributed by atoms with Crippen molar-refractivity contribution in [1.82, 2.24) is 4.90 Å². The summed E-state index contributed by atoms with van der Waals surface area (Å²) in [7, 11) is 0. The third kappa shape index (κ3) is 1.74. The van der Waals surface area contributed by atoms with Crippen LogP contribution in [0.4, 0.5) is 4.79 Å². The molecule has 1 N–H and O–H groups in total. The van der Waals surface area contributed by atoms with E-state index in [-0.39, 0.29) is 11.5 Å². The molecule has 1 heterocycles. The molecule has 1 saturated heterocycles. The fourth-order valence-electron chi connectivity index (χ4n) is 3.87. The van der Waals surface area contributed by atoms with Gasteiger partial charge >= 0.3 is 12.1 Å². The molecular weight excluding hydrogens is 246 g/mol. The van der Waals surface area contributed by atoms with Gasteiger partial charge in [0.05, 0.1) is 5.41 Å². The van der Waals surface area contributed by atoms with E-state index in [1.165, 1.54) is 0 Å². The molecule has 0 spiro atoms. The van der Waals surface area contributed by atoms with Crippen LogP contribution in [0.5, 0.6) is 0 Å². The summed E-state index contributed by atoms with van der Waals surface area (Å²) in [6, 6.07) is 0. The minimum atomic E-state index is -0.641. The van der Waals surface area contributed by atoms with Crippen LogP contribution in [0.25, 0.3) is 0 Å². The number of rotatable bonds is 2. The Morgan fingerprint density at radius 3 is 2.16 bits per heavy atom. The van der Waals surface area contributed by atoms with Gasteiger partial charge in [-0.3, -0.25) is 4.79 Å². The second-order valence-electron chi connectivity index (χ2n) is 7.56. The summed E-state index contributed by atoms with van der Waals surface area (Å²) in [5.74, 6) is -0.168. The third-order valence-electron chi connectivity index (χ3n) is 4.92. The lowest BCUT2D eigenvalue weighted by molar-refractivity contribution is -0.257. The highest BCUT2D eigenvalue weighted by molar-refractivity contribution is 5.79. The van der Waals surface area contributed by atoms with Crippen molar-refractivity contribution in [2.45, 2.75) is 45.6 Å². The number of likely N-dealkylation sites (tertiary alicyclic amines) is 1. The van der Waals surface area contributed by atoms with Gasteiger partial charge in [0, 0.05) is 19.0 Å². The molecule has 5 nitrogen and oxygen atoms in total. The summed E-state index contributed by atoms with van der Waals surface area (Å²) in [4.78, 5) is 24.6. The maximum atomic E-state index is 11.8. The fourth-order valence-corrected chi connectivity index (χ4v) is 3.87. The van der Waals surface area contributed by atoms with Gasteiger partial charge in [-0.25, -0.2) is 4.79 Å². The molecule has 0 atom stereocenters. The Hall–Kier alpha value is -1.26. The van der Waals surface area contributed by atoms with Crippen molar-refractivity contribution >= 4 is 12.1 Å². The molecule has 2 bridgehead atoms. The summed E-state index contributed by atoms with van der Waals surface area (Å²) in [6.45, 7) is 7.04. The summed E-state index contributed by atoms with van der Waals surface area (Å²) in [5.41, 5.74) is -0.644. The van der Waals surface area contributed by atoms with E-state index in [0.717, 1.165) is 32.4 Å². The SMILES string of the molecule is CC(C)(C)OC(=O)N1CC(C23CC(C(=O)O)(C2)C3)C1. The molecule has 1 amide bonds. The number of ether oxygens (including phenoxy) is 1. The van der Waals surface area contributed by atoms with E-state index in [9.17, 15) is 9.59 Å². The molecule has 4 fully saturated rings. The Morgan fingerprint density at radius 1 is 1.21 bits per heavy atom. The Bertz CT molecular complexity index is 425. The van der Waals surface area contributed by atoms with Gasteiger partial charge in [0.15, 0.2) is 0 Å². The summed E-state index contributed by atoms with van der Waals surface area (Å²) in [6.07, 6.45) is 2.18. The molecule has 4 rings (SSSR count). The van der Waals surface area contributed by atoms with Crippen LogP contribution in [0.15, 0.2) is 0 Å². The minimum absolute atomic E-state index is 0.219. The molecule has 0 aromatic rings. The van der Waals surface area contributed by atoms with Gasteiger partial charge in [-0.1, -0.05) is 0 Å². The minimum Gasteiger partial charge on any atom is -0.481 e. The van der Waals surface area contributed by atoms with Crippen LogP contribution in [0.3, 0.4) is 0 Å². The van der Waals surface area contributed by atoms with Crippen LogP contribution in [-0.4, -0.2) is 40.8 Å². The van der Waals surface area contributed by atoms with Gasteiger partial charge in [-0.15, -0.1) is 0 Å². The lowest BCUT2D eigenvalue weighted by Crippen LogP contribution is -2.73. The largest absolute Gasteiger partial charge is 0.481 e. The number of nitrogens with zero attached hydrogens (tertiary/aromatic N) is 1. The van der Waals surface area contributed by atoms with Gasteiger partial charge in [0.1, 0.15) is 5.60 Å². The molecule has 0 aromatic carbocycles. The van der Waals surface area contributed by atoms with Crippen molar-refractivity contribution in [3.05, 3.63) is 0 Å². The second-order valence-corrected chi connectivity index (χ2v) is 7.56. The highest BCUT2D eigenvalue weighted by Gasteiger charge is 2.75. The summed E-state index contributed by atoms with van der Waals surface area (Å²) >= 11 is 0. The first kappa shape index (κ1) is 12.8. The van der Waals surface area contributed by atoms with Crippen LogP contribution in [0.1, 0.15) is 40.0 Å². The number of carboxylic acid groups (broad SMARTS) is 1. The zero-order chi connectivity index (χ0) is 14.1. The van der Waals surface area contributed by atoms with Gasteiger partial charge < -0.3 is 14.7 Å². The first-order valence-electron chi connectivity index (χ1n) is 6.87. The van der Waals surface area contributed by atoms with Crippen LogP contribution in [-0.2, 0) is 9.53 Å². The van der Waals surface area contributed by atoms with Gasteiger partial charge in [0.2, 0.25) is 0 Å². The Morgan fingerprint density at radius 2 is 1.74 bits per heavy atom. The van der Waals surface area contributed by atoms with Crippen LogP contribution in [0.2, 0.25) is 0 Å². The van der Waals surface area contributed by atoms with E-state index in [1.807, 2.05) is 20.8 Å². The number of hydrogen-bond acceptors (Lipinski definition) is 3. The predicted octanol–water partition coefficient (Wildman–Crippen LogP) is 2.11. The van der Waals surface area contributed by atoms with Crippen molar-refractivity contribution in [3.63, 3.8) is 0 Å². The molecule has 3 aliphatic carbocycles. The quantitative estimate of drug-likeness (QED) is 0.832. The zero-order valence-corrected chi connectivity index (χ0v) is 11.7. The maximum absolute atomic E-state index is 11.8. The number of carbonyl (C=O) groups is 2. The number of aliphatic carboxylic acids is 1. The Balaban J connectivity index is 1.48. The standard InChI is InChI=1S/C14H21NO4/c1-12(2,3)19-11(18)15-4-9(5-15)13-6-14(7-13,8-13)10(16)17/h9H,4-8H2,1-3H3,(H,16,17). The molecule has 3 saturated carbocycles. The van der Waals surface area contributed by atoms with E-state index >= 15 is 0 Å². The smallest absolute Gasteiger partial charge is 0.410 e. The first-order chi connectivity index (χ1) is 8.66. The van der Waals surface area contributed by atoms with Crippen molar-refractivity contribution in [1.29, 1.82) is 0 Å². The van der Waals surface area contributed by atoms with E-state index in [1.54, 1.807) is 4.90 Å². The lowest BCUT2D eigenvalue weighted by atomic mass is 9.31. The number of amides is 1. The van der Waals surface area contributed by atoms with Gasteiger partial charge in [0.25, 0.3) is 0 Å². The maximum Gasteiger partial charge on any atom is 0.410 e. The molecule has 19 heavy (non-hydrogen) atoms. The van der Waals surface area contributed by atoms with Gasteiger partial charge in [-0.2, -0.15) is 0 Å². The molecule has 0 unspecified atom stereocenters. The highest BCUT2D eigenvalue weighted by Crippen LogP contribution is 2.77. The monoisotopic (exact) mass is 267 g/mol. The van der Waals surface area contributed by atoms with E-state index < -0.39 is 17.0 Å². The van der Waals surface area contributed by atoms with Gasteiger partial charge in [-0.05, 0) is 45.4 Å².